The van der Waals surface area contributed by atoms with E-state index in [1.807, 2.05) is 0 Å². The molecule has 2 aromatic carbocycles. The fraction of sp³-hybridized carbons (Fsp3) is 0. The van der Waals surface area contributed by atoms with Crippen LogP contribution in [0.1, 0.15) is 10.4 Å². The third-order valence-corrected chi connectivity index (χ3v) is 3.79. The third kappa shape index (κ3) is 2.83. The summed E-state index contributed by atoms with van der Waals surface area (Å²) in [6, 6.07) is 10.7. The highest BCUT2D eigenvalue weighted by molar-refractivity contribution is 7.99. The molecule has 92 valence electrons. The highest BCUT2D eigenvalue weighted by Crippen LogP contribution is 2.34. The summed E-state index contributed by atoms with van der Waals surface area (Å²) in [6.07, 6.45) is 0. The van der Waals surface area contributed by atoms with Gasteiger partial charge in [0.25, 0.3) is 0 Å². The second-order valence-corrected chi connectivity index (χ2v) is 4.97. The van der Waals surface area contributed by atoms with Gasteiger partial charge in [-0.25, -0.2) is 9.18 Å². The minimum absolute atomic E-state index is 0.109. The Morgan fingerprint density at radius 2 is 1.89 bits per heavy atom. The van der Waals surface area contributed by atoms with E-state index in [1.165, 1.54) is 18.2 Å². The van der Waals surface area contributed by atoms with E-state index in [1.54, 1.807) is 24.3 Å². The van der Waals surface area contributed by atoms with Crippen molar-refractivity contribution >= 4 is 29.3 Å². The van der Waals surface area contributed by atoms with Crippen LogP contribution in [0, 0.1) is 5.82 Å². The Hall–Kier alpha value is -1.52. The molecule has 1 N–H and O–H groups in total. The van der Waals surface area contributed by atoms with Crippen molar-refractivity contribution in [1.82, 2.24) is 0 Å². The Balaban J connectivity index is 2.30. The second-order valence-electron chi connectivity index (χ2n) is 3.48. The van der Waals surface area contributed by atoms with Crippen LogP contribution in [0.15, 0.2) is 52.3 Å². The first-order chi connectivity index (χ1) is 8.58. The van der Waals surface area contributed by atoms with Crippen molar-refractivity contribution in [1.29, 1.82) is 0 Å². The number of benzene rings is 2. The molecule has 0 saturated heterocycles. The molecule has 0 unspecified atom stereocenters. The molecule has 0 fully saturated rings. The van der Waals surface area contributed by atoms with Gasteiger partial charge in [0.2, 0.25) is 0 Å². The molecule has 0 spiro atoms. The van der Waals surface area contributed by atoms with Gasteiger partial charge in [0.05, 0.1) is 10.6 Å². The summed E-state index contributed by atoms with van der Waals surface area (Å²) in [5.41, 5.74) is 0.109. The molecule has 0 aliphatic carbocycles. The normalized spacial score (nSPS) is 10.3. The molecule has 0 amide bonds. The Bertz CT molecular complexity index is 601. The molecule has 2 aromatic rings. The summed E-state index contributed by atoms with van der Waals surface area (Å²) < 4.78 is 13.5. The molecular formula is C13H8ClFO2S. The summed E-state index contributed by atoms with van der Waals surface area (Å²) in [4.78, 5) is 11.8. The van der Waals surface area contributed by atoms with Crippen LogP contribution in [-0.4, -0.2) is 11.1 Å². The Morgan fingerprint density at radius 1 is 1.17 bits per heavy atom. The van der Waals surface area contributed by atoms with E-state index < -0.39 is 5.97 Å². The number of hydrogen-bond donors (Lipinski definition) is 1. The third-order valence-electron chi connectivity index (χ3n) is 2.24. The van der Waals surface area contributed by atoms with Gasteiger partial charge in [0, 0.05) is 9.79 Å². The zero-order chi connectivity index (χ0) is 13.1. The fourth-order valence-corrected chi connectivity index (χ4v) is 2.50. The molecule has 0 bridgehead atoms. The number of halogens is 2. The molecule has 5 heteroatoms. The molecule has 0 radical (unpaired) electrons. The van der Waals surface area contributed by atoms with Gasteiger partial charge in [-0.15, -0.1) is 0 Å². The average molecular weight is 283 g/mol. The quantitative estimate of drug-likeness (QED) is 0.910. The Labute approximate surface area is 112 Å². The Morgan fingerprint density at radius 3 is 2.50 bits per heavy atom. The number of carboxylic acid groups (broad SMARTS) is 1. The molecule has 2 rings (SSSR count). The monoisotopic (exact) mass is 282 g/mol. The molecule has 0 atom stereocenters. The van der Waals surface area contributed by atoms with E-state index in [2.05, 4.69) is 0 Å². The van der Waals surface area contributed by atoms with Crippen molar-refractivity contribution in [2.24, 2.45) is 0 Å². The van der Waals surface area contributed by atoms with Gasteiger partial charge in [0.15, 0.2) is 0 Å². The predicted octanol–water partition coefficient (Wildman–Crippen LogP) is 4.33. The van der Waals surface area contributed by atoms with Crippen LogP contribution < -0.4 is 0 Å². The van der Waals surface area contributed by atoms with Crippen molar-refractivity contribution in [3.8, 4) is 0 Å². The lowest BCUT2D eigenvalue weighted by molar-refractivity contribution is 0.0697. The largest absolute Gasteiger partial charge is 0.478 e. The van der Waals surface area contributed by atoms with Crippen LogP contribution >= 0.6 is 23.4 Å². The van der Waals surface area contributed by atoms with Crippen LogP contribution in [-0.2, 0) is 0 Å². The molecule has 18 heavy (non-hydrogen) atoms. The number of carboxylic acids is 1. The van der Waals surface area contributed by atoms with E-state index in [0.29, 0.717) is 14.8 Å². The maximum absolute atomic E-state index is 13.5. The molecule has 0 aliphatic rings. The van der Waals surface area contributed by atoms with Crippen LogP contribution in [0.3, 0.4) is 0 Å². The summed E-state index contributed by atoms with van der Waals surface area (Å²) in [7, 11) is 0. The SMILES string of the molecule is O=C(O)c1ccc(Sc2ccccc2F)c(Cl)c1. The first-order valence-electron chi connectivity index (χ1n) is 5.03. The van der Waals surface area contributed by atoms with Crippen LogP contribution in [0.4, 0.5) is 4.39 Å². The van der Waals surface area contributed by atoms with E-state index in [4.69, 9.17) is 16.7 Å². The zero-order valence-corrected chi connectivity index (χ0v) is 10.6. The van der Waals surface area contributed by atoms with E-state index in [9.17, 15) is 9.18 Å². The van der Waals surface area contributed by atoms with Gasteiger partial charge in [-0.05, 0) is 30.3 Å². The van der Waals surface area contributed by atoms with Gasteiger partial charge in [-0.3, -0.25) is 0 Å². The summed E-state index contributed by atoms with van der Waals surface area (Å²) in [5, 5.41) is 9.10. The lowest BCUT2D eigenvalue weighted by Gasteiger charge is -2.05. The molecule has 2 nitrogen and oxygen atoms in total. The minimum Gasteiger partial charge on any atom is -0.478 e. The van der Waals surface area contributed by atoms with Crippen molar-refractivity contribution in [3.63, 3.8) is 0 Å². The number of carbonyl (C=O) groups is 1. The number of hydrogen-bond acceptors (Lipinski definition) is 2. The fourth-order valence-electron chi connectivity index (χ4n) is 1.36. The average Bonchev–Trinajstić information content (AvgIpc) is 2.34. The van der Waals surface area contributed by atoms with Crippen LogP contribution in [0.2, 0.25) is 5.02 Å². The van der Waals surface area contributed by atoms with E-state index >= 15 is 0 Å². The van der Waals surface area contributed by atoms with Crippen molar-refractivity contribution in [3.05, 3.63) is 58.9 Å². The van der Waals surface area contributed by atoms with Crippen molar-refractivity contribution < 1.29 is 14.3 Å². The highest BCUT2D eigenvalue weighted by Gasteiger charge is 2.10. The predicted molar refractivity (Wildman–Crippen MR) is 68.9 cm³/mol. The first kappa shape index (κ1) is 12.9. The summed E-state index contributed by atoms with van der Waals surface area (Å²) in [5.74, 6) is -1.37. The number of rotatable bonds is 3. The standard InChI is InChI=1S/C13H8ClFO2S/c14-9-7-8(13(16)17)5-6-11(9)18-12-4-2-1-3-10(12)15/h1-7H,(H,16,17). The molecule has 0 heterocycles. The van der Waals surface area contributed by atoms with Gasteiger partial charge in [-0.2, -0.15) is 0 Å². The molecule has 0 aliphatic heterocycles. The molecule has 0 aromatic heterocycles. The molecule has 0 saturated carbocycles. The maximum atomic E-state index is 13.5. The zero-order valence-electron chi connectivity index (χ0n) is 9.06. The topological polar surface area (TPSA) is 37.3 Å². The van der Waals surface area contributed by atoms with E-state index in [-0.39, 0.29) is 11.4 Å². The van der Waals surface area contributed by atoms with Crippen molar-refractivity contribution in [2.75, 3.05) is 0 Å². The van der Waals surface area contributed by atoms with Gasteiger partial charge in [-0.1, -0.05) is 35.5 Å². The smallest absolute Gasteiger partial charge is 0.335 e. The molecular weight excluding hydrogens is 275 g/mol. The van der Waals surface area contributed by atoms with Crippen molar-refractivity contribution in [2.45, 2.75) is 9.79 Å². The lowest BCUT2D eigenvalue weighted by atomic mass is 10.2. The maximum Gasteiger partial charge on any atom is 0.335 e. The van der Waals surface area contributed by atoms with Crippen LogP contribution in [0.5, 0.6) is 0 Å². The minimum atomic E-state index is -1.04. The van der Waals surface area contributed by atoms with Gasteiger partial charge < -0.3 is 5.11 Å². The Kier molecular flexibility index (Phi) is 3.89. The lowest BCUT2D eigenvalue weighted by Crippen LogP contribution is -1.95. The number of aromatic carboxylic acids is 1. The summed E-state index contributed by atoms with van der Waals surface area (Å²) >= 11 is 7.13. The van der Waals surface area contributed by atoms with E-state index in [0.717, 1.165) is 11.8 Å². The highest BCUT2D eigenvalue weighted by atomic mass is 35.5. The van der Waals surface area contributed by atoms with Gasteiger partial charge >= 0.3 is 5.97 Å². The summed E-state index contributed by atoms with van der Waals surface area (Å²) in [6.45, 7) is 0. The second kappa shape index (κ2) is 5.42. The van der Waals surface area contributed by atoms with Gasteiger partial charge in [0.1, 0.15) is 5.82 Å². The first-order valence-corrected chi connectivity index (χ1v) is 6.22. The van der Waals surface area contributed by atoms with Crippen LogP contribution in [0.25, 0.3) is 0 Å².